The molecule has 102 valence electrons. The number of hydrogen-bond acceptors (Lipinski definition) is 2. The highest BCUT2D eigenvalue weighted by molar-refractivity contribution is 5.33. The van der Waals surface area contributed by atoms with Crippen molar-refractivity contribution in [3.8, 4) is 0 Å². The molecule has 0 radical (unpaired) electrons. The van der Waals surface area contributed by atoms with Gasteiger partial charge in [0.2, 0.25) is 0 Å². The van der Waals surface area contributed by atoms with Gasteiger partial charge in [0.15, 0.2) is 0 Å². The van der Waals surface area contributed by atoms with Gasteiger partial charge in [-0.25, -0.2) is 4.98 Å². The molecule has 3 heteroatoms. The lowest BCUT2D eigenvalue weighted by Gasteiger charge is -2.10. The SMILES string of the molecule is Cc1cccc(C)c1CCCCC(O)c1c[nH]cn1. The molecule has 0 bridgehead atoms. The van der Waals surface area contributed by atoms with Crippen LogP contribution in [0, 0.1) is 13.8 Å². The zero-order valence-corrected chi connectivity index (χ0v) is 11.7. The van der Waals surface area contributed by atoms with Gasteiger partial charge in [0.25, 0.3) is 0 Å². The summed E-state index contributed by atoms with van der Waals surface area (Å²) >= 11 is 0. The van der Waals surface area contributed by atoms with Gasteiger partial charge in [-0.15, -0.1) is 0 Å². The molecular weight excluding hydrogens is 236 g/mol. The Kier molecular flexibility index (Phi) is 4.74. The average Bonchev–Trinajstić information content (AvgIpc) is 2.91. The molecule has 1 atom stereocenters. The van der Waals surface area contributed by atoms with Crippen molar-refractivity contribution in [1.82, 2.24) is 9.97 Å². The molecule has 0 amide bonds. The van der Waals surface area contributed by atoms with E-state index in [9.17, 15) is 5.11 Å². The maximum atomic E-state index is 9.93. The van der Waals surface area contributed by atoms with Crippen LogP contribution in [0.15, 0.2) is 30.7 Å². The van der Waals surface area contributed by atoms with E-state index >= 15 is 0 Å². The van der Waals surface area contributed by atoms with Crippen LogP contribution in [0.1, 0.15) is 47.8 Å². The van der Waals surface area contributed by atoms with Crippen molar-refractivity contribution in [1.29, 1.82) is 0 Å². The Morgan fingerprint density at radius 3 is 2.58 bits per heavy atom. The number of benzene rings is 1. The van der Waals surface area contributed by atoms with E-state index in [1.54, 1.807) is 12.5 Å². The van der Waals surface area contributed by atoms with Crippen LogP contribution < -0.4 is 0 Å². The third-order valence-corrected chi connectivity index (χ3v) is 3.66. The van der Waals surface area contributed by atoms with Crippen LogP contribution >= 0.6 is 0 Å². The number of hydrogen-bond donors (Lipinski definition) is 2. The minimum atomic E-state index is -0.441. The van der Waals surface area contributed by atoms with Crippen molar-refractivity contribution in [3.63, 3.8) is 0 Å². The number of aryl methyl sites for hydroxylation is 2. The molecule has 19 heavy (non-hydrogen) atoms. The molecule has 3 nitrogen and oxygen atoms in total. The lowest BCUT2D eigenvalue weighted by atomic mass is 9.97. The van der Waals surface area contributed by atoms with E-state index in [4.69, 9.17) is 0 Å². The molecule has 0 aliphatic carbocycles. The summed E-state index contributed by atoms with van der Waals surface area (Å²) in [6.07, 6.45) is 6.91. The highest BCUT2D eigenvalue weighted by Crippen LogP contribution is 2.20. The standard InChI is InChI=1S/C16H22N2O/c1-12-6-5-7-13(2)14(12)8-3-4-9-16(19)15-10-17-11-18-15/h5-7,10-11,16,19H,3-4,8-9H2,1-2H3,(H,17,18). The molecule has 2 N–H and O–H groups in total. The molecule has 0 aliphatic heterocycles. The number of aromatic nitrogens is 2. The normalized spacial score (nSPS) is 12.6. The van der Waals surface area contributed by atoms with Crippen molar-refractivity contribution in [3.05, 3.63) is 53.1 Å². The molecule has 1 aromatic heterocycles. The second-order valence-corrected chi connectivity index (χ2v) is 5.13. The van der Waals surface area contributed by atoms with Crippen molar-refractivity contribution >= 4 is 0 Å². The van der Waals surface area contributed by atoms with Gasteiger partial charge in [-0.2, -0.15) is 0 Å². The summed E-state index contributed by atoms with van der Waals surface area (Å²) in [6.45, 7) is 4.34. The second-order valence-electron chi connectivity index (χ2n) is 5.13. The Morgan fingerprint density at radius 2 is 1.95 bits per heavy atom. The molecule has 0 saturated carbocycles. The molecule has 1 heterocycles. The van der Waals surface area contributed by atoms with Gasteiger partial charge in [-0.05, 0) is 49.8 Å². The first-order valence-electron chi connectivity index (χ1n) is 6.90. The van der Waals surface area contributed by atoms with Crippen molar-refractivity contribution in [2.24, 2.45) is 0 Å². The Balaban J connectivity index is 1.78. The van der Waals surface area contributed by atoms with Gasteiger partial charge in [0, 0.05) is 6.20 Å². The highest BCUT2D eigenvalue weighted by atomic mass is 16.3. The van der Waals surface area contributed by atoms with E-state index in [1.165, 1.54) is 16.7 Å². The Labute approximate surface area is 114 Å². The first kappa shape index (κ1) is 13.8. The third kappa shape index (κ3) is 3.67. The Bertz CT molecular complexity index is 485. The first-order valence-corrected chi connectivity index (χ1v) is 6.90. The summed E-state index contributed by atoms with van der Waals surface area (Å²) in [6, 6.07) is 6.44. The van der Waals surface area contributed by atoms with E-state index in [1.807, 2.05) is 0 Å². The van der Waals surface area contributed by atoms with Crippen molar-refractivity contribution < 1.29 is 5.11 Å². The lowest BCUT2D eigenvalue weighted by molar-refractivity contribution is 0.159. The largest absolute Gasteiger partial charge is 0.387 e. The minimum absolute atomic E-state index is 0.441. The topological polar surface area (TPSA) is 48.9 Å². The first-order chi connectivity index (χ1) is 9.18. The number of nitrogens with zero attached hydrogens (tertiary/aromatic N) is 1. The number of aromatic amines is 1. The monoisotopic (exact) mass is 258 g/mol. The van der Waals surface area contributed by atoms with Gasteiger partial charge in [0.1, 0.15) is 0 Å². The lowest BCUT2D eigenvalue weighted by Crippen LogP contribution is -1.99. The van der Waals surface area contributed by atoms with E-state index < -0.39 is 6.10 Å². The maximum Gasteiger partial charge on any atom is 0.0975 e. The summed E-state index contributed by atoms with van der Waals surface area (Å²) < 4.78 is 0. The predicted octanol–water partition coefficient (Wildman–Crippen LogP) is 3.47. The van der Waals surface area contributed by atoms with Crippen LogP contribution in [0.3, 0.4) is 0 Å². The van der Waals surface area contributed by atoms with Crippen molar-refractivity contribution in [2.45, 2.75) is 45.6 Å². The Hall–Kier alpha value is -1.61. The number of H-pyrrole nitrogens is 1. The van der Waals surface area contributed by atoms with Crippen LogP contribution in [0.25, 0.3) is 0 Å². The predicted molar refractivity (Wildman–Crippen MR) is 77.0 cm³/mol. The fourth-order valence-electron chi connectivity index (χ4n) is 2.48. The van der Waals surface area contributed by atoms with Crippen LogP contribution in [-0.4, -0.2) is 15.1 Å². The van der Waals surface area contributed by atoms with Crippen LogP contribution in [0.2, 0.25) is 0 Å². The van der Waals surface area contributed by atoms with Gasteiger partial charge < -0.3 is 10.1 Å². The summed E-state index contributed by atoms with van der Waals surface area (Å²) in [5.74, 6) is 0. The van der Waals surface area contributed by atoms with Gasteiger partial charge in [-0.1, -0.05) is 24.6 Å². The van der Waals surface area contributed by atoms with Crippen molar-refractivity contribution in [2.75, 3.05) is 0 Å². The van der Waals surface area contributed by atoms with Crippen LogP contribution in [-0.2, 0) is 6.42 Å². The van der Waals surface area contributed by atoms with Crippen LogP contribution in [0.4, 0.5) is 0 Å². The van der Waals surface area contributed by atoms with E-state index in [2.05, 4.69) is 42.0 Å². The van der Waals surface area contributed by atoms with E-state index in [0.717, 1.165) is 31.4 Å². The molecule has 0 saturated heterocycles. The van der Waals surface area contributed by atoms with Crippen LogP contribution in [0.5, 0.6) is 0 Å². The molecule has 0 aliphatic rings. The fourth-order valence-corrected chi connectivity index (χ4v) is 2.48. The second kappa shape index (κ2) is 6.53. The average molecular weight is 258 g/mol. The molecule has 0 spiro atoms. The molecule has 1 aromatic carbocycles. The summed E-state index contributed by atoms with van der Waals surface area (Å²) in [5.41, 5.74) is 4.93. The third-order valence-electron chi connectivity index (χ3n) is 3.66. The molecule has 0 fully saturated rings. The minimum Gasteiger partial charge on any atom is -0.387 e. The highest BCUT2D eigenvalue weighted by Gasteiger charge is 2.09. The zero-order chi connectivity index (χ0) is 13.7. The number of nitrogens with one attached hydrogen (secondary N) is 1. The van der Waals surface area contributed by atoms with E-state index in [-0.39, 0.29) is 0 Å². The molecule has 2 rings (SSSR count). The smallest absolute Gasteiger partial charge is 0.0975 e. The van der Waals surface area contributed by atoms with E-state index in [0.29, 0.717) is 0 Å². The number of rotatable bonds is 6. The zero-order valence-electron chi connectivity index (χ0n) is 11.7. The number of unbranched alkanes of at least 4 members (excludes halogenated alkanes) is 1. The Morgan fingerprint density at radius 1 is 1.21 bits per heavy atom. The van der Waals surface area contributed by atoms with Gasteiger partial charge in [0.05, 0.1) is 18.1 Å². The summed E-state index contributed by atoms with van der Waals surface area (Å²) in [4.78, 5) is 6.95. The number of imidazole rings is 1. The number of aliphatic hydroxyl groups is 1. The molecule has 1 unspecified atom stereocenters. The number of aliphatic hydroxyl groups excluding tert-OH is 1. The summed E-state index contributed by atoms with van der Waals surface area (Å²) in [7, 11) is 0. The molecule has 2 aromatic rings. The van der Waals surface area contributed by atoms with Gasteiger partial charge >= 0.3 is 0 Å². The summed E-state index contributed by atoms with van der Waals surface area (Å²) in [5, 5.41) is 9.93. The van der Waals surface area contributed by atoms with Gasteiger partial charge in [-0.3, -0.25) is 0 Å². The fraction of sp³-hybridized carbons (Fsp3) is 0.438. The quantitative estimate of drug-likeness (QED) is 0.779. The molecular formula is C16H22N2O. The maximum absolute atomic E-state index is 9.93.